The maximum Gasteiger partial charge on any atom is 0.232 e. The minimum absolute atomic E-state index is 0.266. The van der Waals surface area contributed by atoms with Crippen LogP contribution >= 0.6 is 0 Å². The number of hydrogen-bond donors (Lipinski definition) is 0. The van der Waals surface area contributed by atoms with E-state index in [1.165, 1.54) is 20.3 Å². The topological polar surface area (TPSA) is 108 Å². The van der Waals surface area contributed by atoms with Crippen molar-refractivity contribution in [3.8, 4) is 40.8 Å². The van der Waals surface area contributed by atoms with E-state index in [0.29, 0.717) is 47.6 Å². The first-order valence-electron chi connectivity index (χ1n) is 11.2. The van der Waals surface area contributed by atoms with Crippen LogP contribution < -0.4 is 33.3 Å². The number of allylic oxidation sites excluding steroid dienone is 1. The molecule has 3 rings (SSSR count). The smallest absolute Gasteiger partial charge is 0.232 e. The molecule has 0 bridgehead atoms. The van der Waals surface area contributed by atoms with E-state index in [1.54, 1.807) is 34.5 Å². The first kappa shape index (κ1) is 26.9. The lowest BCUT2D eigenvalue weighted by Gasteiger charge is -2.26. The normalized spacial score (nSPS) is 10.5. The van der Waals surface area contributed by atoms with Gasteiger partial charge < -0.3 is 33.3 Å². The van der Waals surface area contributed by atoms with Crippen molar-refractivity contribution in [2.24, 2.45) is 0 Å². The summed E-state index contributed by atoms with van der Waals surface area (Å²) in [7, 11) is 9.41. The van der Waals surface area contributed by atoms with E-state index in [1.807, 2.05) is 47.4 Å². The van der Waals surface area contributed by atoms with E-state index in [-0.39, 0.29) is 11.8 Å². The van der Waals surface area contributed by atoms with Gasteiger partial charge in [-0.1, -0.05) is 0 Å². The summed E-state index contributed by atoms with van der Waals surface area (Å²) in [6, 6.07) is 13.2. The van der Waals surface area contributed by atoms with E-state index >= 15 is 0 Å². The molecule has 0 spiro atoms. The van der Waals surface area contributed by atoms with Crippen molar-refractivity contribution in [2.75, 3.05) is 47.6 Å². The minimum atomic E-state index is 0.266. The fourth-order valence-electron chi connectivity index (χ4n) is 3.71. The number of nitriles is 1. The number of aromatic nitrogens is 2. The fourth-order valence-corrected chi connectivity index (χ4v) is 3.71. The average molecular weight is 507 g/mol. The van der Waals surface area contributed by atoms with Gasteiger partial charge in [0.25, 0.3) is 0 Å². The zero-order valence-electron chi connectivity index (χ0n) is 21.8. The summed E-state index contributed by atoms with van der Waals surface area (Å²) >= 11 is 0. The van der Waals surface area contributed by atoms with Gasteiger partial charge in [-0.15, -0.1) is 0 Å². The number of rotatable bonds is 12. The molecule has 0 aliphatic carbocycles. The number of benzene rings is 2. The van der Waals surface area contributed by atoms with Crippen LogP contribution in [0.4, 0.5) is 5.95 Å². The Balaban J connectivity index is 2.14. The highest BCUT2D eigenvalue weighted by atomic mass is 16.5. The summed E-state index contributed by atoms with van der Waals surface area (Å²) in [4.78, 5) is 11.2. The maximum atomic E-state index is 8.99. The second kappa shape index (κ2) is 12.9. The second-order valence-corrected chi connectivity index (χ2v) is 7.63. The van der Waals surface area contributed by atoms with Gasteiger partial charge in [0.1, 0.15) is 23.0 Å². The van der Waals surface area contributed by atoms with Gasteiger partial charge in [-0.05, 0) is 30.3 Å². The monoisotopic (exact) mass is 506 g/mol. The molecular formula is C27H30N4O6. The Hall–Kier alpha value is -4.65. The molecule has 0 unspecified atom stereocenters. The third kappa shape index (κ3) is 6.32. The SMILES string of the molecule is COc1ccc(CN(Cc2ccc(OC)cc2OC)c2nc(OC)c(/C=C/C#N)c(OC)n2)c(OC)c1. The van der Waals surface area contributed by atoms with Gasteiger partial charge in [-0.3, -0.25) is 0 Å². The quantitative estimate of drug-likeness (QED) is 0.330. The standard InChI is InChI=1S/C27H30N4O6/c1-32-20-11-9-18(23(14-20)34-3)16-31(17-19-10-12-21(33-2)15-24(19)35-4)27-29-25(36-5)22(8-7-13-28)26(30-27)37-6/h7-12,14-15H,16-17H2,1-6H3/b8-7+. The number of methoxy groups -OCH3 is 6. The fraction of sp³-hybridized carbons (Fsp3) is 0.296. The molecule has 0 saturated heterocycles. The highest BCUT2D eigenvalue weighted by Crippen LogP contribution is 2.34. The van der Waals surface area contributed by atoms with Crippen molar-refractivity contribution in [1.29, 1.82) is 5.26 Å². The van der Waals surface area contributed by atoms with Crippen molar-refractivity contribution in [3.63, 3.8) is 0 Å². The molecule has 194 valence electrons. The molecule has 1 heterocycles. The van der Waals surface area contributed by atoms with E-state index in [0.717, 1.165) is 11.1 Å². The van der Waals surface area contributed by atoms with Crippen molar-refractivity contribution < 1.29 is 28.4 Å². The molecule has 3 aromatic rings. The van der Waals surface area contributed by atoms with Crippen molar-refractivity contribution >= 4 is 12.0 Å². The van der Waals surface area contributed by atoms with Crippen molar-refractivity contribution in [1.82, 2.24) is 9.97 Å². The van der Waals surface area contributed by atoms with Gasteiger partial charge in [0.05, 0.1) is 54.3 Å². The summed E-state index contributed by atoms with van der Waals surface area (Å²) in [6.45, 7) is 0.754. The molecule has 37 heavy (non-hydrogen) atoms. The summed E-state index contributed by atoms with van der Waals surface area (Å²) in [5.74, 6) is 3.54. The molecule has 10 heteroatoms. The second-order valence-electron chi connectivity index (χ2n) is 7.63. The molecule has 0 amide bonds. The number of anilines is 1. The summed E-state index contributed by atoms with van der Waals surface area (Å²) in [5.41, 5.74) is 2.22. The van der Waals surface area contributed by atoms with Crippen LogP contribution in [-0.2, 0) is 13.1 Å². The highest BCUT2D eigenvalue weighted by molar-refractivity contribution is 5.63. The molecule has 0 aliphatic heterocycles. The van der Waals surface area contributed by atoms with E-state index in [4.69, 9.17) is 33.7 Å². The number of ether oxygens (including phenoxy) is 6. The zero-order valence-corrected chi connectivity index (χ0v) is 21.8. The van der Waals surface area contributed by atoms with E-state index in [2.05, 4.69) is 9.97 Å². The molecule has 2 aromatic carbocycles. The third-order valence-corrected chi connectivity index (χ3v) is 5.57. The molecule has 0 saturated carbocycles. The first-order valence-corrected chi connectivity index (χ1v) is 11.2. The van der Waals surface area contributed by atoms with Crippen LogP contribution in [0.15, 0.2) is 42.5 Å². The van der Waals surface area contributed by atoms with Crippen molar-refractivity contribution in [3.05, 3.63) is 59.2 Å². The molecule has 0 radical (unpaired) electrons. The Morgan fingerprint density at radius 1 is 0.730 bits per heavy atom. The van der Waals surface area contributed by atoms with Gasteiger partial charge in [-0.2, -0.15) is 15.2 Å². The number of hydrogen-bond acceptors (Lipinski definition) is 10. The molecule has 0 N–H and O–H groups in total. The molecule has 0 fully saturated rings. The lowest BCUT2D eigenvalue weighted by atomic mass is 10.1. The van der Waals surface area contributed by atoms with Crippen LogP contribution in [0.5, 0.6) is 34.8 Å². The Morgan fingerprint density at radius 3 is 1.59 bits per heavy atom. The lowest BCUT2D eigenvalue weighted by molar-refractivity contribution is 0.369. The first-order chi connectivity index (χ1) is 18.0. The third-order valence-electron chi connectivity index (χ3n) is 5.57. The van der Waals surface area contributed by atoms with Gasteiger partial charge in [-0.25, -0.2) is 0 Å². The van der Waals surface area contributed by atoms with Crippen LogP contribution in [0.25, 0.3) is 6.08 Å². The van der Waals surface area contributed by atoms with Crippen molar-refractivity contribution in [2.45, 2.75) is 13.1 Å². The van der Waals surface area contributed by atoms with Crippen LogP contribution in [0.2, 0.25) is 0 Å². The minimum Gasteiger partial charge on any atom is -0.497 e. The predicted molar refractivity (Wildman–Crippen MR) is 139 cm³/mol. The Kier molecular flexibility index (Phi) is 9.38. The summed E-state index contributed by atoms with van der Waals surface area (Å²) in [5, 5.41) is 8.99. The van der Waals surface area contributed by atoms with Gasteiger partial charge in [0.15, 0.2) is 0 Å². The van der Waals surface area contributed by atoms with Crippen LogP contribution in [0, 0.1) is 11.3 Å². The molecule has 0 aliphatic rings. The Morgan fingerprint density at radius 2 is 1.22 bits per heavy atom. The Bertz CT molecular complexity index is 1210. The molecule has 0 atom stereocenters. The maximum absolute atomic E-state index is 8.99. The molecular weight excluding hydrogens is 476 g/mol. The summed E-state index contributed by atoms with van der Waals surface area (Å²) < 4.78 is 33.0. The molecule has 1 aromatic heterocycles. The van der Waals surface area contributed by atoms with Crippen LogP contribution in [0.1, 0.15) is 16.7 Å². The average Bonchev–Trinajstić information content (AvgIpc) is 2.95. The molecule has 10 nitrogen and oxygen atoms in total. The van der Waals surface area contributed by atoms with E-state index < -0.39 is 0 Å². The highest BCUT2D eigenvalue weighted by Gasteiger charge is 2.21. The van der Waals surface area contributed by atoms with E-state index in [9.17, 15) is 0 Å². The summed E-state index contributed by atoms with van der Waals surface area (Å²) in [6.07, 6.45) is 2.86. The van der Waals surface area contributed by atoms with Gasteiger partial charge in [0.2, 0.25) is 17.7 Å². The van der Waals surface area contributed by atoms with Crippen LogP contribution in [0.3, 0.4) is 0 Å². The largest absolute Gasteiger partial charge is 0.497 e. The number of nitrogens with zero attached hydrogens (tertiary/aromatic N) is 4. The Labute approximate surface area is 216 Å². The zero-order chi connectivity index (χ0) is 26.8. The van der Waals surface area contributed by atoms with Gasteiger partial charge >= 0.3 is 0 Å². The predicted octanol–water partition coefficient (Wildman–Crippen LogP) is 4.27. The lowest BCUT2D eigenvalue weighted by Crippen LogP contribution is -2.25. The van der Waals surface area contributed by atoms with Crippen LogP contribution in [-0.4, -0.2) is 52.6 Å². The van der Waals surface area contributed by atoms with Gasteiger partial charge in [0, 0.05) is 42.4 Å².